The van der Waals surface area contributed by atoms with Gasteiger partial charge in [0.1, 0.15) is 0 Å². The van der Waals surface area contributed by atoms with E-state index in [1.165, 1.54) is 51.4 Å². The number of hydrogen-bond acceptors (Lipinski definition) is 2. The highest BCUT2D eigenvalue weighted by atomic mass is 32.2. The van der Waals surface area contributed by atoms with Crippen LogP contribution in [0.1, 0.15) is 51.4 Å². The Morgan fingerprint density at radius 2 is 1.73 bits per heavy atom. The molecule has 0 aromatic heterocycles. The van der Waals surface area contributed by atoms with Crippen LogP contribution >= 0.6 is 0 Å². The fourth-order valence-corrected chi connectivity index (χ4v) is 5.37. The lowest BCUT2D eigenvalue weighted by Crippen LogP contribution is -2.39. The highest BCUT2D eigenvalue weighted by molar-refractivity contribution is 7.86. The van der Waals surface area contributed by atoms with Crippen molar-refractivity contribution in [3.8, 4) is 0 Å². The first-order valence-corrected chi connectivity index (χ1v) is 7.67. The maximum atomic E-state index is 12.4. The molecule has 15 heavy (non-hydrogen) atoms. The van der Waals surface area contributed by atoms with Crippen LogP contribution in [0.15, 0.2) is 0 Å². The van der Waals surface area contributed by atoms with Crippen molar-refractivity contribution in [2.75, 3.05) is 7.05 Å². The molecule has 2 aliphatic carbocycles. The van der Waals surface area contributed by atoms with Crippen LogP contribution in [0.4, 0.5) is 0 Å². The molecule has 0 saturated heterocycles. The van der Waals surface area contributed by atoms with Gasteiger partial charge in [0.05, 0.1) is 5.25 Å². The minimum atomic E-state index is -0.574. The minimum Gasteiger partial charge on any atom is -0.316 e. The molecule has 0 aromatic carbocycles. The molecule has 0 bridgehead atoms. The first-order valence-electron chi connectivity index (χ1n) is 6.39. The lowest BCUT2D eigenvalue weighted by molar-refractivity contribution is 0.495. The van der Waals surface area contributed by atoms with E-state index >= 15 is 0 Å². The zero-order valence-corrected chi connectivity index (χ0v) is 10.5. The quantitative estimate of drug-likeness (QED) is 0.804. The van der Waals surface area contributed by atoms with Crippen LogP contribution < -0.4 is 5.32 Å². The van der Waals surface area contributed by atoms with Crippen molar-refractivity contribution in [3.05, 3.63) is 0 Å². The van der Waals surface area contributed by atoms with Crippen LogP contribution in [0.2, 0.25) is 0 Å². The minimum absolute atomic E-state index is 0.443. The van der Waals surface area contributed by atoms with Crippen molar-refractivity contribution in [1.29, 1.82) is 0 Å². The van der Waals surface area contributed by atoms with Gasteiger partial charge in [-0.3, -0.25) is 4.21 Å². The molecule has 0 amide bonds. The molecule has 2 saturated carbocycles. The Kier molecular flexibility index (Phi) is 4.21. The molecule has 0 aromatic rings. The second-order valence-electron chi connectivity index (χ2n) is 4.95. The zero-order chi connectivity index (χ0) is 10.7. The van der Waals surface area contributed by atoms with Gasteiger partial charge in [-0.25, -0.2) is 0 Å². The van der Waals surface area contributed by atoms with E-state index in [2.05, 4.69) is 5.32 Å². The Morgan fingerprint density at radius 3 is 2.40 bits per heavy atom. The summed E-state index contributed by atoms with van der Waals surface area (Å²) < 4.78 is 12.4. The molecule has 2 aliphatic rings. The van der Waals surface area contributed by atoms with Gasteiger partial charge < -0.3 is 5.32 Å². The number of hydrogen-bond donors (Lipinski definition) is 1. The van der Waals surface area contributed by atoms with E-state index in [0.29, 0.717) is 16.5 Å². The van der Waals surface area contributed by atoms with E-state index in [1.54, 1.807) is 0 Å². The summed E-state index contributed by atoms with van der Waals surface area (Å²) in [6, 6.07) is 0.521. The van der Waals surface area contributed by atoms with Gasteiger partial charge in [-0.2, -0.15) is 0 Å². The average Bonchev–Trinajstić information content (AvgIpc) is 2.77. The fourth-order valence-electron chi connectivity index (χ4n) is 3.08. The van der Waals surface area contributed by atoms with Crippen LogP contribution in [0.5, 0.6) is 0 Å². The van der Waals surface area contributed by atoms with Crippen molar-refractivity contribution in [3.63, 3.8) is 0 Å². The van der Waals surface area contributed by atoms with Crippen molar-refractivity contribution in [2.45, 2.75) is 67.9 Å². The second-order valence-corrected chi connectivity index (χ2v) is 6.88. The first kappa shape index (κ1) is 11.6. The Hall–Kier alpha value is 0.110. The summed E-state index contributed by atoms with van der Waals surface area (Å²) >= 11 is 0. The molecule has 0 heterocycles. The highest BCUT2D eigenvalue weighted by Gasteiger charge is 2.34. The van der Waals surface area contributed by atoms with Crippen LogP contribution in [0.3, 0.4) is 0 Å². The molecule has 2 nitrogen and oxygen atoms in total. The predicted octanol–water partition coefficient (Wildman–Crippen LogP) is 2.21. The summed E-state index contributed by atoms with van der Waals surface area (Å²) in [5, 5.41) is 4.30. The van der Waals surface area contributed by atoms with E-state index in [1.807, 2.05) is 7.05 Å². The molecule has 3 heteroatoms. The lowest BCUT2D eigenvalue weighted by Gasteiger charge is -2.27. The van der Waals surface area contributed by atoms with Gasteiger partial charge in [0.15, 0.2) is 0 Å². The molecule has 3 unspecified atom stereocenters. The van der Waals surface area contributed by atoms with Gasteiger partial charge in [0.2, 0.25) is 0 Å². The molecule has 88 valence electrons. The Bertz CT molecular complexity index is 226. The topological polar surface area (TPSA) is 29.1 Å². The maximum Gasteiger partial charge on any atom is 0.0503 e. The van der Waals surface area contributed by atoms with Crippen LogP contribution in [-0.2, 0) is 10.8 Å². The number of rotatable bonds is 3. The van der Waals surface area contributed by atoms with E-state index in [4.69, 9.17) is 0 Å². The van der Waals surface area contributed by atoms with Crippen molar-refractivity contribution in [2.24, 2.45) is 0 Å². The van der Waals surface area contributed by atoms with E-state index < -0.39 is 10.8 Å². The fraction of sp³-hybridized carbons (Fsp3) is 1.00. The number of nitrogens with one attached hydrogen (secondary N) is 1. The molecule has 2 rings (SSSR count). The summed E-state index contributed by atoms with van der Waals surface area (Å²) in [7, 11) is 1.44. The molecular weight excluding hydrogens is 206 g/mol. The third-order valence-corrected chi connectivity index (χ3v) is 6.29. The average molecular weight is 229 g/mol. The summed E-state index contributed by atoms with van der Waals surface area (Å²) in [5.74, 6) is 0. The molecule has 2 fully saturated rings. The predicted molar refractivity (Wildman–Crippen MR) is 65.5 cm³/mol. The molecule has 1 N–H and O–H groups in total. The van der Waals surface area contributed by atoms with Crippen molar-refractivity contribution >= 4 is 10.8 Å². The lowest BCUT2D eigenvalue weighted by atomic mass is 10.0. The van der Waals surface area contributed by atoms with E-state index in [0.717, 1.165) is 0 Å². The van der Waals surface area contributed by atoms with Crippen molar-refractivity contribution < 1.29 is 4.21 Å². The van der Waals surface area contributed by atoms with Crippen LogP contribution in [-0.4, -0.2) is 27.8 Å². The first-order chi connectivity index (χ1) is 7.33. The Balaban J connectivity index is 1.93. The Morgan fingerprint density at radius 1 is 1.00 bits per heavy atom. The Labute approximate surface area is 95.7 Å². The third-order valence-electron chi connectivity index (χ3n) is 4.00. The summed E-state index contributed by atoms with van der Waals surface area (Å²) in [6.07, 6.45) is 10.0. The molecule has 3 atom stereocenters. The molecular formula is C12H23NOS. The summed E-state index contributed by atoms with van der Waals surface area (Å²) in [5.41, 5.74) is 0. The monoisotopic (exact) mass is 229 g/mol. The van der Waals surface area contributed by atoms with E-state index in [-0.39, 0.29) is 0 Å². The van der Waals surface area contributed by atoms with Crippen LogP contribution in [0, 0.1) is 0 Å². The highest BCUT2D eigenvalue weighted by Crippen LogP contribution is 2.30. The van der Waals surface area contributed by atoms with Gasteiger partial charge >= 0.3 is 0 Å². The van der Waals surface area contributed by atoms with Gasteiger partial charge in [-0.1, -0.05) is 25.7 Å². The molecule has 0 spiro atoms. The largest absolute Gasteiger partial charge is 0.316 e. The van der Waals surface area contributed by atoms with Crippen molar-refractivity contribution in [1.82, 2.24) is 5.32 Å². The maximum absolute atomic E-state index is 12.4. The SMILES string of the molecule is CNC1CCCC1S(=O)C1CCCCC1. The van der Waals surface area contributed by atoms with Crippen LogP contribution in [0.25, 0.3) is 0 Å². The second kappa shape index (κ2) is 5.44. The zero-order valence-electron chi connectivity index (χ0n) is 9.71. The smallest absolute Gasteiger partial charge is 0.0503 e. The molecule has 0 aliphatic heterocycles. The van der Waals surface area contributed by atoms with Gasteiger partial charge in [-0.05, 0) is 32.7 Å². The van der Waals surface area contributed by atoms with Gasteiger partial charge in [0.25, 0.3) is 0 Å². The third kappa shape index (κ3) is 2.62. The summed E-state index contributed by atoms with van der Waals surface area (Å²) in [4.78, 5) is 0. The standard InChI is InChI=1S/C12H23NOS/c1-13-11-8-5-9-12(11)15(14)10-6-3-2-4-7-10/h10-13H,2-9H2,1H3. The van der Waals surface area contributed by atoms with Gasteiger partial charge in [-0.15, -0.1) is 0 Å². The molecule has 0 radical (unpaired) electrons. The summed E-state index contributed by atoms with van der Waals surface area (Å²) in [6.45, 7) is 0. The normalized spacial score (nSPS) is 35.5. The van der Waals surface area contributed by atoms with Gasteiger partial charge in [0, 0.05) is 22.1 Å². The van der Waals surface area contributed by atoms with E-state index in [9.17, 15) is 4.21 Å².